The van der Waals surface area contributed by atoms with E-state index in [4.69, 9.17) is 10.5 Å². The van der Waals surface area contributed by atoms with E-state index in [1.165, 1.54) is 13.2 Å². The van der Waals surface area contributed by atoms with Crippen molar-refractivity contribution in [3.63, 3.8) is 0 Å². The average molecular weight is 241 g/mol. The molecule has 0 aliphatic heterocycles. The monoisotopic (exact) mass is 241 g/mol. The molecule has 0 aromatic heterocycles. The Morgan fingerprint density at radius 2 is 2.12 bits per heavy atom. The first kappa shape index (κ1) is 12.7. The fraction of sp³-hybridized carbons (Fsp3) is 0.273. The number of methoxy groups -OCH3 is 1. The molecule has 0 spiro atoms. The van der Waals surface area contributed by atoms with Crippen LogP contribution in [0.2, 0.25) is 0 Å². The zero-order valence-corrected chi connectivity index (χ0v) is 10.1. The molecule has 0 radical (unpaired) electrons. The van der Waals surface area contributed by atoms with Crippen molar-refractivity contribution in [3.8, 4) is 5.75 Å². The minimum Gasteiger partial charge on any atom is -0.495 e. The van der Waals surface area contributed by atoms with Gasteiger partial charge < -0.3 is 10.5 Å². The highest BCUT2D eigenvalue weighted by atomic mass is 32.2. The van der Waals surface area contributed by atoms with E-state index in [0.717, 1.165) is 11.8 Å². The standard InChI is InChI=1S/C11H15NO3S/c1-15-10-8-9(4-3-7-12)5-6-11(10)16(2,13)14/h3-6,8H,7,12H2,1-2H3/b4-3+. The SMILES string of the molecule is COc1cc(/C=C/CN)ccc1S(C)(=O)=O. The van der Waals surface area contributed by atoms with Gasteiger partial charge in [-0.25, -0.2) is 8.42 Å². The lowest BCUT2D eigenvalue weighted by Crippen LogP contribution is -2.00. The average Bonchev–Trinajstić information content (AvgIpc) is 2.24. The van der Waals surface area contributed by atoms with E-state index in [1.807, 2.05) is 6.08 Å². The van der Waals surface area contributed by atoms with Crippen molar-refractivity contribution >= 4 is 15.9 Å². The number of benzene rings is 1. The highest BCUT2D eigenvalue weighted by molar-refractivity contribution is 7.90. The van der Waals surface area contributed by atoms with Crippen molar-refractivity contribution in [3.05, 3.63) is 29.8 Å². The highest BCUT2D eigenvalue weighted by Crippen LogP contribution is 2.25. The number of sulfone groups is 1. The maximum Gasteiger partial charge on any atom is 0.179 e. The Bertz CT molecular complexity index is 492. The largest absolute Gasteiger partial charge is 0.495 e. The quantitative estimate of drug-likeness (QED) is 0.856. The summed E-state index contributed by atoms with van der Waals surface area (Å²) in [5.41, 5.74) is 6.19. The molecule has 1 rings (SSSR count). The number of hydrogen-bond donors (Lipinski definition) is 1. The van der Waals surface area contributed by atoms with Crippen LogP contribution in [0.15, 0.2) is 29.2 Å². The Kier molecular flexibility index (Phi) is 4.09. The summed E-state index contributed by atoms with van der Waals surface area (Å²) in [6, 6.07) is 4.91. The van der Waals surface area contributed by atoms with Crippen molar-refractivity contribution in [2.45, 2.75) is 4.90 Å². The van der Waals surface area contributed by atoms with E-state index in [0.29, 0.717) is 12.3 Å². The predicted molar refractivity (Wildman–Crippen MR) is 64.2 cm³/mol. The van der Waals surface area contributed by atoms with E-state index in [9.17, 15) is 8.42 Å². The first-order chi connectivity index (χ1) is 7.49. The molecule has 0 amide bonds. The van der Waals surface area contributed by atoms with Gasteiger partial charge in [-0.1, -0.05) is 18.2 Å². The summed E-state index contributed by atoms with van der Waals surface area (Å²) >= 11 is 0. The van der Waals surface area contributed by atoms with Gasteiger partial charge in [0.05, 0.1) is 7.11 Å². The molecule has 16 heavy (non-hydrogen) atoms. The van der Waals surface area contributed by atoms with Gasteiger partial charge in [-0.05, 0) is 17.7 Å². The molecule has 0 atom stereocenters. The molecule has 0 aliphatic carbocycles. The Labute approximate surface area is 95.6 Å². The van der Waals surface area contributed by atoms with E-state index in [-0.39, 0.29) is 4.90 Å². The Hall–Kier alpha value is -1.33. The van der Waals surface area contributed by atoms with Crippen LogP contribution in [-0.2, 0) is 9.84 Å². The lowest BCUT2D eigenvalue weighted by molar-refractivity contribution is 0.403. The van der Waals surface area contributed by atoms with Gasteiger partial charge in [-0.3, -0.25) is 0 Å². The summed E-state index contributed by atoms with van der Waals surface area (Å²) in [6.07, 6.45) is 4.75. The number of rotatable bonds is 4. The van der Waals surface area contributed by atoms with Crippen LogP contribution in [0, 0.1) is 0 Å². The third-order valence-corrected chi connectivity index (χ3v) is 3.17. The number of ether oxygens (including phenoxy) is 1. The summed E-state index contributed by atoms with van der Waals surface area (Å²) in [5.74, 6) is 0.349. The van der Waals surface area contributed by atoms with Crippen LogP contribution < -0.4 is 10.5 Å². The summed E-state index contributed by atoms with van der Waals surface area (Å²) < 4.78 is 27.9. The molecule has 0 saturated carbocycles. The minimum absolute atomic E-state index is 0.194. The van der Waals surface area contributed by atoms with Crippen LogP contribution in [0.5, 0.6) is 5.75 Å². The zero-order valence-electron chi connectivity index (χ0n) is 9.30. The van der Waals surface area contributed by atoms with Crippen LogP contribution >= 0.6 is 0 Å². The van der Waals surface area contributed by atoms with Crippen LogP contribution in [0.1, 0.15) is 5.56 Å². The molecule has 88 valence electrons. The topological polar surface area (TPSA) is 69.4 Å². The van der Waals surface area contributed by atoms with Crippen LogP contribution in [0.3, 0.4) is 0 Å². The Balaban J connectivity index is 3.22. The van der Waals surface area contributed by atoms with Crippen molar-refractivity contribution < 1.29 is 13.2 Å². The van der Waals surface area contributed by atoms with Crippen molar-refractivity contribution in [2.24, 2.45) is 5.73 Å². The van der Waals surface area contributed by atoms with Crippen LogP contribution in [-0.4, -0.2) is 28.3 Å². The minimum atomic E-state index is -3.26. The van der Waals surface area contributed by atoms with Gasteiger partial charge in [-0.2, -0.15) is 0 Å². The number of hydrogen-bond acceptors (Lipinski definition) is 4. The van der Waals surface area contributed by atoms with Crippen molar-refractivity contribution in [1.29, 1.82) is 0 Å². The lowest BCUT2D eigenvalue weighted by atomic mass is 10.2. The molecule has 0 bridgehead atoms. The van der Waals surface area contributed by atoms with E-state index in [1.54, 1.807) is 18.2 Å². The first-order valence-corrected chi connectivity index (χ1v) is 6.63. The molecule has 1 aromatic rings. The van der Waals surface area contributed by atoms with Gasteiger partial charge in [0.2, 0.25) is 0 Å². The zero-order chi connectivity index (χ0) is 12.2. The van der Waals surface area contributed by atoms with Gasteiger partial charge in [-0.15, -0.1) is 0 Å². The molecule has 0 saturated heterocycles. The van der Waals surface area contributed by atoms with Crippen LogP contribution in [0.4, 0.5) is 0 Å². The maximum atomic E-state index is 11.4. The van der Waals surface area contributed by atoms with E-state index >= 15 is 0 Å². The normalized spacial score (nSPS) is 11.9. The molecular weight excluding hydrogens is 226 g/mol. The number of nitrogens with two attached hydrogens (primary N) is 1. The fourth-order valence-electron chi connectivity index (χ4n) is 1.30. The second-order valence-electron chi connectivity index (χ2n) is 3.32. The molecule has 0 aliphatic rings. The van der Waals surface area contributed by atoms with E-state index < -0.39 is 9.84 Å². The third-order valence-electron chi connectivity index (χ3n) is 2.03. The van der Waals surface area contributed by atoms with Crippen LogP contribution in [0.25, 0.3) is 6.08 Å². The van der Waals surface area contributed by atoms with E-state index in [2.05, 4.69) is 0 Å². The van der Waals surface area contributed by atoms with Gasteiger partial charge in [0.25, 0.3) is 0 Å². The summed E-state index contributed by atoms with van der Waals surface area (Å²) in [5, 5.41) is 0. The molecule has 1 aromatic carbocycles. The molecule has 4 nitrogen and oxygen atoms in total. The smallest absolute Gasteiger partial charge is 0.179 e. The lowest BCUT2D eigenvalue weighted by Gasteiger charge is -2.07. The van der Waals surface area contributed by atoms with Gasteiger partial charge >= 0.3 is 0 Å². The molecule has 2 N–H and O–H groups in total. The highest BCUT2D eigenvalue weighted by Gasteiger charge is 2.13. The van der Waals surface area contributed by atoms with Gasteiger partial charge in [0.15, 0.2) is 9.84 Å². The predicted octanol–water partition coefficient (Wildman–Crippen LogP) is 1.07. The second-order valence-corrected chi connectivity index (χ2v) is 5.30. The summed E-state index contributed by atoms with van der Waals surface area (Å²) in [4.78, 5) is 0.194. The van der Waals surface area contributed by atoms with Gasteiger partial charge in [0, 0.05) is 12.8 Å². The van der Waals surface area contributed by atoms with Crippen molar-refractivity contribution in [2.75, 3.05) is 19.9 Å². The van der Waals surface area contributed by atoms with Crippen molar-refractivity contribution in [1.82, 2.24) is 0 Å². The fourth-order valence-corrected chi connectivity index (χ4v) is 2.12. The third kappa shape index (κ3) is 3.08. The maximum absolute atomic E-state index is 11.4. The summed E-state index contributed by atoms with van der Waals surface area (Å²) in [7, 11) is -1.81. The molecule has 0 fully saturated rings. The Morgan fingerprint density at radius 1 is 1.44 bits per heavy atom. The first-order valence-electron chi connectivity index (χ1n) is 4.73. The molecule has 0 heterocycles. The Morgan fingerprint density at radius 3 is 2.62 bits per heavy atom. The summed E-state index contributed by atoms with van der Waals surface area (Å²) in [6.45, 7) is 0.441. The van der Waals surface area contributed by atoms with Gasteiger partial charge in [0.1, 0.15) is 10.6 Å². The molecule has 0 unspecified atom stereocenters. The second kappa shape index (κ2) is 5.14. The molecule has 5 heteroatoms. The molecular formula is C11H15NO3S.